The Hall–Kier alpha value is -1.82. The van der Waals surface area contributed by atoms with E-state index in [1.54, 1.807) is 25.3 Å². The first-order chi connectivity index (χ1) is 10.0. The number of hydrazine groups is 1. The van der Waals surface area contributed by atoms with Gasteiger partial charge in [0.15, 0.2) is 0 Å². The minimum absolute atomic E-state index is 0.354. The van der Waals surface area contributed by atoms with Crippen molar-refractivity contribution in [1.29, 1.82) is 0 Å². The summed E-state index contributed by atoms with van der Waals surface area (Å²) in [4.78, 5) is 0. The normalized spacial score (nSPS) is 12.2. The maximum atomic E-state index is 13.4. The lowest BCUT2D eigenvalue weighted by Gasteiger charge is -2.20. The molecule has 1 unspecified atom stereocenters. The van der Waals surface area contributed by atoms with Crippen molar-refractivity contribution in [3.8, 4) is 5.75 Å². The third-order valence-electron chi connectivity index (χ3n) is 3.29. The number of halogens is 2. The quantitative estimate of drug-likeness (QED) is 0.451. The molecular formula is C15H17ClFN3O. The Morgan fingerprint density at radius 1 is 1.29 bits per heavy atom. The zero-order chi connectivity index (χ0) is 15.4. The van der Waals surface area contributed by atoms with Crippen LogP contribution in [0, 0.1) is 5.82 Å². The highest BCUT2D eigenvalue weighted by molar-refractivity contribution is 6.30. The first-order valence-corrected chi connectivity index (χ1v) is 6.76. The van der Waals surface area contributed by atoms with Crippen molar-refractivity contribution in [3.63, 3.8) is 0 Å². The molecule has 2 rings (SSSR count). The van der Waals surface area contributed by atoms with Crippen LogP contribution in [0.2, 0.25) is 5.02 Å². The molecule has 0 aliphatic carbocycles. The molecule has 1 atom stereocenters. The van der Waals surface area contributed by atoms with Crippen molar-refractivity contribution in [2.24, 2.45) is 5.84 Å². The van der Waals surface area contributed by atoms with Crippen LogP contribution < -0.4 is 21.7 Å². The van der Waals surface area contributed by atoms with E-state index in [2.05, 4.69) is 5.43 Å². The SMILES string of the molecule is COc1ccc(Cl)cc1CC(NN)c1cc(F)ccc1N. The Labute approximate surface area is 127 Å². The average molecular weight is 310 g/mol. The summed E-state index contributed by atoms with van der Waals surface area (Å²) in [7, 11) is 1.58. The van der Waals surface area contributed by atoms with Gasteiger partial charge in [-0.1, -0.05) is 11.6 Å². The molecule has 4 nitrogen and oxygen atoms in total. The number of nitrogen functional groups attached to an aromatic ring is 1. The van der Waals surface area contributed by atoms with E-state index >= 15 is 0 Å². The van der Waals surface area contributed by atoms with Crippen LogP contribution in [0.3, 0.4) is 0 Å². The van der Waals surface area contributed by atoms with Crippen molar-refractivity contribution in [2.75, 3.05) is 12.8 Å². The van der Waals surface area contributed by atoms with Crippen LogP contribution in [0.5, 0.6) is 5.75 Å². The maximum absolute atomic E-state index is 13.4. The topological polar surface area (TPSA) is 73.3 Å². The Morgan fingerprint density at radius 3 is 2.71 bits per heavy atom. The molecule has 2 aromatic carbocycles. The summed E-state index contributed by atoms with van der Waals surface area (Å²) in [5.74, 6) is 5.93. The third-order valence-corrected chi connectivity index (χ3v) is 3.53. The van der Waals surface area contributed by atoms with E-state index in [4.69, 9.17) is 27.9 Å². The molecule has 0 fully saturated rings. The van der Waals surface area contributed by atoms with Gasteiger partial charge in [0.25, 0.3) is 0 Å². The number of hydrogen-bond acceptors (Lipinski definition) is 4. The van der Waals surface area contributed by atoms with Gasteiger partial charge in [-0.05, 0) is 53.9 Å². The van der Waals surface area contributed by atoms with Gasteiger partial charge in [0, 0.05) is 10.7 Å². The molecule has 0 bridgehead atoms. The van der Waals surface area contributed by atoms with Gasteiger partial charge in [0.05, 0.1) is 13.2 Å². The molecule has 2 aromatic rings. The molecule has 0 radical (unpaired) electrons. The van der Waals surface area contributed by atoms with E-state index in [0.29, 0.717) is 28.4 Å². The number of rotatable bonds is 5. The van der Waals surface area contributed by atoms with Crippen molar-refractivity contribution in [1.82, 2.24) is 5.43 Å². The van der Waals surface area contributed by atoms with Crippen LogP contribution in [0.15, 0.2) is 36.4 Å². The lowest BCUT2D eigenvalue weighted by Crippen LogP contribution is -2.30. The van der Waals surface area contributed by atoms with Gasteiger partial charge in [0.2, 0.25) is 0 Å². The molecule has 21 heavy (non-hydrogen) atoms. The standard InChI is InChI=1S/C15H17ClFN3O/c1-21-15-5-2-10(16)6-9(15)7-14(20-19)12-8-11(17)3-4-13(12)18/h2-6,8,14,20H,7,18-19H2,1H3. The fourth-order valence-electron chi connectivity index (χ4n) is 2.23. The summed E-state index contributed by atoms with van der Waals surface area (Å²) in [6.07, 6.45) is 0.466. The number of anilines is 1. The van der Waals surface area contributed by atoms with Gasteiger partial charge in [0.1, 0.15) is 11.6 Å². The van der Waals surface area contributed by atoms with Gasteiger partial charge in [-0.3, -0.25) is 11.3 Å². The molecule has 6 heteroatoms. The smallest absolute Gasteiger partial charge is 0.123 e. The van der Waals surface area contributed by atoms with E-state index in [-0.39, 0.29) is 11.9 Å². The van der Waals surface area contributed by atoms with Crippen molar-refractivity contribution in [3.05, 3.63) is 58.4 Å². The molecule has 0 spiro atoms. The molecule has 0 saturated heterocycles. The Balaban J connectivity index is 2.35. The van der Waals surface area contributed by atoms with Crippen LogP contribution in [0.4, 0.5) is 10.1 Å². The van der Waals surface area contributed by atoms with E-state index in [1.807, 2.05) is 0 Å². The number of nitrogens with two attached hydrogens (primary N) is 2. The van der Waals surface area contributed by atoms with Crippen molar-refractivity contribution >= 4 is 17.3 Å². The average Bonchev–Trinajstić information content (AvgIpc) is 2.47. The van der Waals surface area contributed by atoms with Crippen LogP contribution >= 0.6 is 11.6 Å². The second kappa shape index (κ2) is 6.76. The second-order valence-corrected chi connectivity index (χ2v) is 5.09. The highest BCUT2D eigenvalue weighted by Crippen LogP contribution is 2.29. The molecular weight excluding hydrogens is 293 g/mol. The summed E-state index contributed by atoms with van der Waals surface area (Å²) in [5, 5.41) is 0.591. The molecule has 0 saturated carbocycles. The molecule has 0 aromatic heterocycles. The molecule has 0 aliphatic rings. The van der Waals surface area contributed by atoms with Crippen LogP contribution in [-0.4, -0.2) is 7.11 Å². The maximum Gasteiger partial charge on any atom is 0.123 e. The Bertz CT molecular complexity index is 636. The zero-order valence-electron chi connectivity index (χ0n) is 11.6. The van der Waals surface area contributed by atoms with Gasteiger partial charge in [-0.25, -0.2) is 4.39 Å². The van der Waals surface area contributed by atoms with Gasteiger partial charge in [-0.2, -0.15) is 0 Å². The largest absolute Gasteiger partial charge is 0.496 e. The minimum Gasteiger partial charge on any atom is -0.496 e. The van der Waals surface area contributed by atoms with Crippen LogP contribution in [0.25, 0.3) is 0 Å². The number of ether oxygens (including phenoxy) is 1. The number of benzene rings is 2. The van der Waals surface area contributed by atoms with Crippen LogP contribution in [0.1, 0.15) is 17.2 Å². The summed E-state index contributed by atoms with van der Waals surface area (Å²) < 4.78 is 18.7. The third kappa shape index (κ3) is 3.64. The number of nitrogens with one attached hydrogen (secondary N) is 1. The molecule has 0 amide bonds. The predicted molar refractivity (Wildman–Crippen MR) is 82.6 cm³/mol. The first-order valence-electron chi connectivity index (χ1n) is 6.38. The summed E-state index contributed by atoms with van der Waals surface area (Å²) in [6, 6.07) is 9.16. The highest BCUT2D eigenvalue weighted by atomic mass is 35.5. The van der Waals surface area contributed by atoms with Gasteiger partial charge in [-0.15, -0.1) is 0 Å². The fourth-order valence-corrected chi connectivity index (χ4v) is 2.43. The van der Waals surface area contributed by atoms with Gasteiger partial charge < -0.3 is 10.5 Å². The van der Waals surface area contributed by atoms with E-state index in [1.165, 1.54) is 18.2 Å². The molecule has 0 heterocycles. The lowest BCUT2D eigenvalue weighted by atomic mass is 9.97. The summed E-state index contributed by atoms with van der Waals surface area (Å²) >= 11 is 6.01. The summed E-state index contributed by atoms with van der Waals surface area (Å²) in [6.45, 7) is 0. The highest BCUT2D eigenvalue weighted by Gasteiger charge is 2.17. The Kier molecular flexibility index (Phi) is 5.01. The monoisotopic (exact) mass is 309 g/mol. The second-order valence-electron chi connectivity index (χ2n) is 4.65. The van der Waals surface area contributed by atoms with Gasteiger partial charge >= 0.3 is 0 Å². The number of methoxy groups -OCH3 is 1. The molecule has 112 valence electrons. The summed E-state index contributed by atoms with van der Waals surface area (Å²) in [5.41, 5.74) is 10.5. The van der Waals surface area contributed by atoms with Crippen LogP contribution in [-0.2, 0) is 6.42 Å². The van der Waals surface area contributed by atoms with E-state index < -0.39 is 0 Å². The first kappa shape index (κ1) is 15.6. The van der Waals surface area contributed by atoms with E-state index in [9.17, 15) is 4.39 Å². The number of hydrogen-bond donors (Lipinski definition) is 3. The van der Waals surface area contributed by atoms with Crippen molar-refractivity contribution in [2.45, 2.75) is 12.5 Å². The van der Waals surface area contributed by atoms with E-state index in [0.717, 1.165) is 5.56 Å². The fraction of sp³-hybridized carbons (Fsp3) is 0.200. The zero-order valence-corrected chi connectivity index (χ0v) is 12.3. The molecule has 5 N–H and O–H groups in total. The predicted octanol–water partition coefficient (Wildman–Crippen LogP) is 2.82. The lowest BCUT2D eigenvalue weighted by molar-refractivity contribution is 0.405. The Morgan fingerprint density at radius 2 is 2.05 bits per heavy atom. The minimum atomic E-state index is -0.363. The molecule has 0 aliphatic heterocycles. The van der Waals surface area contributed by atoms with Crippen molar-refractivity contribution < 1.29 is 9.13 Å².